The second-order valence-corrected chi connectivity index (χ2v) is 4.88. The summed E-state index contributed by atoms with van der Waals surface area (Å²) < 4.78 is 5.05. The van der Waals surface area contributed by atoms with Gasteiger partial charge >= 0.3 is 0 Å². The summed E-state index contributed by atoms with van der Waals surface area (Å²) in [6.45, 7) is 2.89. The van der Waals surface area contributed by atoms with E-state index >= 15 is 0 Å². The van der Waals surface area contributed by atoms with Gasteiger partial charge in [0.25, 0.3) is 0 Å². The molecule has 0 fully saturated rings. The van der Waals surface area contributed by atoms with Gasteiger partial charge in [-0.05, 0) is 41.8 Å². The molecule has 0 amide bonds. The first kappa shape index (κ1) is 14.3. The number of aromatic hydroxyl groups is 1. The van der Waals surface area contributed by atoms with Crippen molar-refractivity contribution in [2.45, 2.75) is 19.9 Å². The number of hydrogen-bond donors (Lipinski definition) is 1. The standard InChI is InChI=1S/C17H21NO2/c1-4-13-5-8-15(9-6-13)18(2)12-14-7-10-17(20-3)16(19)11-14/h5-11,19H,4,12H2,1-3H3. The molecular weight excluding hydrogens is 250 g/mol. The first-order valence-corrected chi connectivity index (χ1v) is 6.80. The molecule has 106 valence electrons. The van der Waals surface area contributed by atoms with E-state index < -0.39 is 0 Å². The Morgan fingerprint density at radius 1 is 1.05 bits per heavy atom. The van der Waals surface area contributed by atoms with E-state index in [1.54, 1.807) is 19.2 Å². The van der Waals surface area contributed by atoms with Crippen molar-refractivity contribution in [2.24, 2.45) is 0 Å². The molecule has 0 heterocycles. The highest BCUT2D eigenvalue weighted by molar-refractivity contribution is 5.49. The molecule has 3 heteroatoms. The molecule has 2 aromatic rings. The summed E-state index contributed by atoms with van der Waals surface area (Å²) in [5, 5.41) is 9.80. The van der Waals surface area contributed by atoms with Crippen molar-refractivity contribution in [3.63, 3.8) is 0 Å². The van der Waals surface area contributed by atoms with Gasteiger partial charge in [-0.15, -0.1) is 0 Å². The molecule has 20 heavy (non-hydrogen) atoms. The van der Waals surface area contributed by atoms with Gasteiger partial charge < -0.3 is 14.7 Å². The fourth-order valence-electron chi connectivity index (χ4n) is 2.19. The first-order chi connectivity index (χ1) is 9.63. The number of hydrogen-bond acceptors (Lipinski definition) is 3. The summed E-state index contributed by atoms with van der Waals surface area (Å²) in [6, 6.07) is 14.1. The van der Waals surface area contributed by atoms with Crippen molar-refractivity contribution in [1.29, 1.82) is 0 Å². The van der Waals surface area contributed by atoms with Crippen molar-refractivity contribution in [3.8, 4) is 11.5 Å². The number of aryl methyl sites for hydroxylation is 1. The molecule has 0 aliphatic carbocycles. The Morgan fingerprint density at radius 2 is 1.70 bits per heavy atom. The summed E-state index contributed by atoms with van der Waals surface area (Å²) in [5.74, 6) is 0.684. The van der Waals surface area contributed by atoms with Crippen LogP contribution in [0.4, 0.5) is 5.69 Å². The molecule has 1 N–H and O–H groups in total. The minimum absolute atomic E-state index is 0.180. The Bertz CT molecular complexity index is 564. The Labute approximate surface area is 120 Å². The third-order valence-electron chi connectivity index (χ3n) is 3.45. The van der Waals surface area contributed by atoms with Crippen molar-refractivity contribution in [1.82, 2.24) is 0 Å². The Morgan fingerprint density at radius 3 is 2.25 bits per heavy atom. The van der Waals surface area contributed by atoms with Gasteiger partial charge in [0.05, 0.1) is 7.11 Å². The largest absolute Gasteiger partial charge is 0.504 e. The Balaban J connectivity index is 2.10. The first-order valence-electron chi connectivity index (χ1n) is 6.80. The van der Waals surface area contributed by atoms with E-state index in [1.807, 2.05) is 13.1 Å². The summed E-state index contributed by atoms with van der Waals surface area (Å²) >= 11 is 0. The van der Waals surface area contributed by atoms with Gasteiger partial charge in [0, 0.05) is 19.3 Å². The third kappa shape index (κ3) is 3.23. The van der Waals surface area contributed by atoms with Gasteiger partial charge in [-0.1, -0.05) is 25.1 Å². The van der Waals surface area contributed by atoms with Crippen LogP contribution in [-0.2, 0) is 13.0 Å². The molecule has 2 rings (SSSR count). The summed E-state index contributed by atoms with van der Waals surface area (Å²) in [6.07, 6.45) is 1.05. The molecule has 2 aromatic carbocycles. The average Bonchev–Trinajstić information content (AvgIpc) is 2.47. The maximum Gasteiger partial charge on any atom is 0.160 e. The van der Waals surface area contributed by atoms with Crippen LogP contribution in [0.1, 0.15) is 18.1 Å². The number of rotatable bonds is 5. The molecule has 0 spiro atoms. The zero-order valence-electron chi connectivity index (χ0n) is 12.3. The van der Waals surface area contributed by atoms with Crippen LogP contribution in [0.2, 0.25) is 0 Å². The predicted octanol–water partition coefficient (Wildman–Crippen LogP) is 3.60. The topological polar surface area (TPSA) is 32.7 Å². The monoisotopic (exact) mass is 271 g/mol. The van der Waals surface area contributed by atoms with Gasteiger partial charge in [-0.2, -0.15) is 0 Å². The average molecular weight is 271 g/mol. The minimum atomic E-state index is 0.180. The zero-order chi connectivity index (χ0) is 14.5. The highest BCUT2D eigenvalue weighted by Gasteiger charge is 2.06. The lowest BCUT2D eigenvalue weighted by Gasteiger charge is -2.20. The number of anilines is 1. The third-order valence-corrected chi connectivity index (χ3v) is 3.45. The van der Waals surface area contributed by atoms with Crippen molar-refractivity contribution < 1.29 is 9.84 Å². The van der Waals surface area contributed by atoms with Crippen LogP contribution in [0.15, 0.2) is 42.5 Å². The van der Waals surface area contributed by atoms with Crippen LogP contribution >= 0.6 is 0 Å². The molecule has 0 saturated carbocycles. The predicted molar refractivity (Wildman–Crippen MR) is 82.6 cm³/mol. The molecular formula is C17H21NO2. The lowest BCUT2D eigenvalue weighted by molar-refractivity contribution is 0.373. The maximum atomic E-state index is 9.80. The normalized spacial score (nSPS) is 10.3. The summed E-state index contributed by atoms with van der Waals surface area (Å²) in [5.41, 5.74) is 3.55. The lowest BCUT2D eigenvalue weighted by Crippen LogP contribution is -2.16. The fourth-order valence-corrected chi connectivity index (χ4v) is 2.19. The van der Waals surface area contributed by atoms with Gasteiger partial charge in [0.15, 0.2) is 11.5 Å². The van der Waals surface area contributed by atoms with Crippen molar-refractivity contribution in [3.05, 3.63) is 53.6 Å². The van der Waals surface area contributed by atoms with Crippen molar-refractivity contribution >= 4 is 5.69 Å². The number of benzene rings is 2. The van der Waals surface area contributed by atoms with Crippen LogP contribution in [0.5, 0.6) is 11.5 Å². The minimum Gasteiger partial charge on any atom is -0.504 e. The fraction of sp³-hybridized carbons (Fsp3) is 0.294. The maximum absolute atomic E-state index is 9.80. The van der Waals surface area contributed by atoms with E-state index in [0.717, 1.165) is 24.2 Å². The van der Waals surface area contributed by atoms with Crippen LogP contribution in [0, 0.1) is 0 Å². The second-order valence-electron chi connectivity index (χ2n) is 4.88. The van der Waals surface area contributed by atoms with Crippen LogP contribution in [-0.4, -0.2) is 19.3 Å². The molecule has 0 atom stereocenters. The van der Waals surface area contributed by atoms with Gasteiger partial charge in [-0.25, -0.2) is 0 Å². The van der Waals surface area contributed by atoms with E-state index in [0.29, 0.717) is 5.75 Å². The summed E-state index contributed by atoms with van der Waals surface area (Å²) in [4.78, 5) is 2.15. The molecule has 0 aliphatic heterocycles. The van der Waals surface area contributed by atoms with E-state index in [1.165, 1.54) is 5.56 Å². The van der Waals surface area contributed by atoms with Crippen LogP contribution in [0.25, 0.3) is 0 Å². The van der Waals surface area contributed by atoms with Gasteiger partial charge in [0.1, 0.15) is 0 Å². The second kappa shape index (κ2) is 6.33. The number of nitrogens with zero attached hydrogens (tertiary/aromatic N) is 1. The van der Waals surface area contributed by atoms with E-state index in [9.17, 15) is 5.11 Å². The number of methoxy groups -OCH3 is 1. The van der Waals surface area contributed by atoms with Gasteiger partial charge in [0.2, 0.25) is 0 Å². The number of phenols is 1. The molecule has 0 radical (unpaired) electrons. The molecule has 3 nitrogen and oxygen atoms in total. The highest BCUT2D eigenvalue weighted by Crippen LogP contribution is 2.27. The Kier molecular flexibility index (Phi) is 4.51. The van der Waals surface area contributed by atoms with Crippen molar-refractivity contribution in [2.75, 3.05) is 19.1 Å². The van der Waals surface area contributed by atoms with E-state index in [4.69, 9.17) is 4.74 Å². The molecule has 0 saturated heterocycles. The SMILES string of the molecule is CCc1ccc(N(C)Cc2ccc(OC)c(O)c2)cc1. The van der Waals surface area contributed by atoms with E-state index in [-0.39, 0.29) is 5.75 Å². The molecule has 0 bridgehead atoms. The Hall–Kier alpha value is -2.16. The molecule has 0 unspecified atom stereocenters. The molecule has 0 aliphatic rings. The lowest BCUT2D eigenvalue weighted by atomic mass is 10.1. The number of ether oxygens (including phenoxy) is 1. The van der Waals surface area contributed by atoms with E-state index in [2.05, 4.69) is 36.1 Å². The van der Waals surface area contributed by atoms with Crippen LogP contribution < -0.4 is 9.64 Å². The smallest absolute Gasteiger partial charge is 0.160 e. The summed E-state index contributed by atoms with van der Waals surface area (Å²) in [7, 11) is 3.60. The quantitative estimate of drug-likeness (QED) is 0.902. The van der Waals surface area contributed by atoms with Gasteiger partial charge in [-0.3, -0.25) is 0 Å². The van der Waals surface area contributed by atoms with Crippen LogP contribution in [0.3, 0.4) is 0 Å². The molecule has 0 aromatic heterocycles. The highest BCUT2D eigenvalue weighted by atomic mass is 16.5. The zero-order valence-corrected chi connectivity index (χ0v) is 12.3. The number of phenolic OH excluding ortho intramolecular Hbond substituents is 1.